The molecular weight excluding hydrogens is 408 g/mol. The van der Waals surface area contributed by atoms with Crippen LogP contribution in [0.5, 0.6) is 11.8 Å². The monoisotopic (exact) mass is 429 g/mol. The summed E-state index contributed by atoms with van der Waals surface area (Å²) in [6.45, 7) is 5.17. The number of ether oxygens (including phenoxy) is 2. The van der Waals surface area contributed by atoms with Crippen LogP contribution >= 0.6 is 0 Å². The molecule has 0 aromatic carbocycles. The Bertz CT molecular complexity index is 1130. The van der Waals surface area contributed by atoms with Crippen LogP contribution in [0, 0.1) is 5.41 Å². The number of halogens is 2. The Hall–Kier alpha value is -3.56. The van der Waals surface area contributed by atoms with Gasteiger partial charge < -0.3 is 14.8 Å². The molecule has 0 radical (unpaired) electrons. The molecule has 0 fully saturated rings. The highest BCUT2D eigenvalue weighted by atomic mass is 19.3. The fourth-order valence-corrected chi connectivity index (χ4v) is 3.24. The molecule has 3 aromatic heterocycles. The molecule has 0 spiro atoms. The predicted octanol–water partition coefficient (Wildman–Crippen LogP) is 3.96. The maximum Gasteiger partial charge on any atom is 0.280 e. The van der Waals surface area contributed by atoms with Gasteiger partial charge in [0, 0.05) is 29.3 Å². The number of amides is 1. The minimum absolute atomic E-state index is 0.0109. The van der Waals surface area contributed by atoms with Crippen LogP contribution in [0.1, 0.15) is 36.5 Å². The summed E-state index contributed by atoms with van der Waals surface area (Å²) >= 11 is 0. The first-order valence-corrected chi connectivity index (χ1v) is 9.57. The van der Waals surface area contributed by atoms with Crippen molar-refractivity contribution in [3.05, 3.63) is 47.9 Å². The van der Waals surface area contributed by atoms with Crippen molar-refractivity contribution in [3.63, 3.8) is 0 Å². The van der Waals surface area contributed by atoms with Crippen LogP contribution in [0.4, 0.5) is 14.6 Å². The largest absolute Gasteiger partial charge is 0.481 e. The molecule has 0 atom stereocenters. The molecule has 1 aliphatic rings. The Labute approximate surface area is 177 Å². The quantitative estimate of drug-likeness (QED) is 0.660. The number of alkyl halides is 2. The number of methoxy groups -OCH3 is 1. The van der Waals surface area contributed by atoms with Gasteiger partial charge in [-0.3, -0.25) is 4.79 Å². The summed E-state index contributed by atoms with van der Waals surface area (Å²) in [5.41, 5.74) is 0.585. The van der Waals surface area contributed by atoms with Crippen molar-refractivity contribution in [2.24, 2.45) is 5.41 Å². The van der Waals surface area contributed by atoms with E-state index in [1.54, 1.807) is 16.8 Å². The molecule has 162 valence electrons. The Balaban J connectivity index is 1.67. The van der Waals surface area contributed by atoms with Crippen LogP contribution in [0.2, 0.25) is 0 Å². The second-order valence-corrected chi connectivity index (χ2v) is 7.95. The fraction of sp³-hybridized carbons (Fsp3) is 0.333. The van der Waals surface area contributed by atoms with Crippen LogP contribution in [-0.2, 0) is 6.54 Å². The summed E-state index contributed by atoms with van der Waals surface area (Å²) in [4.78, 5) is 20.9. The molecule has 8 nitrogen and oxygen atoms in total. The van der Waals surface area contributed by atoms with Gasteiger partial charge in [-0.25, -0.2) is 23.4 Å². The number of carbonyl (C=O) groups excluding carboxylic acids is 1. The van der Waals surface area contributed by atoms with Gasteiger partial charge in [0.15, 0.2) is 5.69 Å². The molecule has 0 aliphatic carbocycles. The fourth-order valence-electron chi connectivity index (χ4n) is 3.24. The third-order valence-electron chi connectivity index (χ3n) is 4.79. The third kappa shape index (κ3) is 4.32. The third-order valence-corrected chi connectivity index (χ3v) is 4.79. The Morgan fingerprint density at radius 3 is 2.84 bits per heavy atom. The normalized spacial score (nSPS) is 14.6. The van der Waals surface area contributed by atoms with E-state index in [9.17, 15) is 13.6 Å². The van der Waals surface area contributed by atoms with E-state index in [1.807, 2.05) is 13.8 Å². The lowest BCUT2D eigenvalue weighted by molar-refractivity contribution is 0.0984. The van der Waals surface area contributed by atoms with Gasteiger partial charge in [-0.15, -0.1) is 0 Å². The number of hydrogen-bond acceptors (Lipinski definition) is 6. The summed E-state index contributed by atoms with van der Waals surface area (Å²) in [6, 6.07) is 7.51. The first-order chi connectivity index (χ1) is 14.8. The molecule has 31 heavy (non-hydrogen) atoms. The summed E-state index contributed by atoms with van der Waals surface area (Å²) in [6.07, 6.45) is -1.27. The minimum Gasteiger partial charge on any atom is -0.481 e. The molecule has 0 saturated heterocycles. The summed E-state index contributed by atoms with van der Waals surface area (Å²) < 4.78 is 38.9. The second kappa shape index (κ2) is 7.93. The number of carbonyl (C=O) groups is 1. The van der Waals surface area contributed by atoms with Gasteiger partial charge in [0.25, 0.3) is 12.3 Å². The first-order valence-electron chi connectivity index (χ1n) is 9.57. The lowest BCUT2D eigenvalue weighted by Crippen LogP contribution is -2.32. The maximum atomic E-state index is 13.3. The van der Waals surface area contributed by atoms with Crippen molar-refractivity contribution in [1.29, 1.82) is 0 Å². The highest BCUT2D eigenvalue weighted by molar-refractivity contribution is 6.04. The van der Waals surface area contributed by atoms with Crippen LogP contribution in [0.3, 0.4) is 0 Å². The summed E-state index contributed by atoms with van der Waals surface area (Å²) in [7, 11) is 1.47. The highest BCUT2D eigenvalue weighted by Crippen LogP contribution is 2.32. The van der Waals surface area contributed by atoms with Gasteiger partial charge >= 0.3 is 0 Å². The lowest BCUT2D eigenvalue weighted by Gasteiger charge is -2.29. The van der Waals surface area contributed by atoms with E-state index < -0.39 is 18.0 Å². The van der Waals surface area contributed by atoms with Gasteiger partial charge in [-0.05, 0) is 23.8 Å². The number of aromatic nitrogens is 4. The van der Waals surface area contributed by atoms with E-state index >= 15 is 0 Å². The van der Waals surface area contributed by atoms with Crippen LogP contribution < -0.4 is 14.8 Å². The molecule has 3 aromatic rings. The van der Waals surface area contributed by atoms with Crippen LogP contribution in [0.15, 0.2) is 36.5 Å². The van der Waals surface area contributed by atoms with Crippen molar-refractivity contribution >= 4 is 11.7 Å². The zero-order chi connectivity index (χ0) is 22.2. The molecule has 0 bridgehead atoms. The number of nitrogens with one attached hydrogen (secondary N) is 1. The average Bonchev–Trinajstić information content (AvgIpc) is 3.16. The maximum absolute atomic E-state index is 13.3. The molecule has 10 heteroatoms. The molecule has 1 N–H and O–H groups in total. The molecule has 0 unspecified atom stereocenters. The minimum atomic E-state index is -2.78. The van der Waals surface area contributed by atoms with E-state index in [-0.39, 0.29) is 16.9 Å². The van der Waals surface area contributed by atoms with E-state index in [2.05, 4.69) is 20.4 Å². The SMILES string of the molecule is COc1cc(-c2ccc(C(F)F)nc2NC(=O)c2cc3n(n2)CC(C)(C)CO3)ccn1. The van der Waals surface area contributed by atoms with Gasteiger partial charge in [-0.1, -0.05) is 13.8 Å². The zero-order valence-electron chi connectivity index (χ0n) is 17.2. The van der Waals surface area contributed by atoms with E-state index in [4.69, 9.17) is 9.47 Å². The Morgan fingerprint density at radius 2 is 2.10 bits per heavy atom. The van der Waals surface area contributed by atoms with Gasteiger partial charge in [0.1, 0.15) is 11.5 Å². The van der Waals surface area contributed by atoms with Crippen molar-refractivity contribution in [1.82, 2.24) is 19.7 Å². The standard InChI is InChI=1S/C21H21F2N5O3/c1-21(2)10-28-17(31-11-21)9-15(27-28)20(29)26-19-13(4-5-14(25-19)18(22)23)12-6-7-24-16(8-12)30-3/h4-9,18H,10-11H2,1-3H3,(H,25,26,29). The van der Waals surface area contributed by atoms with E-state index in [0.717, 1.165) is 0 Å². The van der Waals surface area contributed by atoms with Crippen LogP contribution in [-0.4, -0.2) is 39.4 Å². The second-order valence-electron chi connectivity index (χ2n) is 7.95. The average molecular weight is 429 g/mol. The molecule has 0 saturated carbocycles. The number of rotatable bonds is 5. The summed E-state index contributed by atoms with van der Waals surface area (Å²) in [5, 5.41) is 6.92. The van der Waals surface area contributed by atoms with Crippen molar-refractivity contribution in [2.75, 3.05) is 19.0 Å². The topological polar surface area (TPSA) is 91.2 Å². The number of hydrogen-bond donors (Lipinski definition) is 1. The van der Waals surface area contributed by atoms with Gasteiger partial charge in [-0.2, -0.15) is 5.10 Å². The predicted molar refractivity (Wildman–Crippen MR) is 108 cm³/mol. The Kier molecular flexibility index (Phi) is 5.30. The number of anilines is 1. The van der Waals surface area contributed by atoms with Crippen molar-refractivity contribution < 1.29 is 23.0 Å². The van der Waals surface area contributed by atoms with E-state index in [0.29, 0.717) is 36.0 Å². The zero-order valence-corrected chi connectivity index (χ0v) is 17.2. The van der Waals surface area contributed by atoms with Gasteiger partial charge in [0.05, 0.1) is 20.3 Å². The van der Waals surface area contributed by atoms with E-state index in [1.165, 1.54) is 31.5 Å². The summed E-state index contributed by atoms with van der Waals surface area (Å²) in [5.74, 6) is 0.236. The molecule has 1 amide bonds. The van der Waals surface area contributed by atoms with Crippen molar-refractivity contribution in [2.45, 2.75) is 26.8 Å². The molecule has 1 aliphatic heterocycles. The molecular formula is C21H21F2N5O3. The van der Waals surface area contributed by atoms with Crippen LogP contribution in [0.25, 0.3) is 11.1 Å². The highest BCUT2D eigenvalue weighted by Gasteiger charge is 2.29. The van der Waals surface area contributed by atoms with Crippen molar-refractivity contribution in [3.8, 4) is 22.9 Å². The molecule has 4 heterocycles. The number of nitrogens with zero attached hydrogens (tertiary/aromatic N) is 4. The lowest BCUT2D eigenvalue weighted by atomic mass is 9.94. The molecule has 4 rings (SSSR count). The number of pyridine rings is 2. The van der Waals surface area contributed by atoms with Gasteiger partial charge in [0.2, 0.25) is 11.8 Å². The Morgan fingerprint density at radius 1 is 1.29 bits per heavy atom. The smallest absolute Gasteiger partial charge is 0.280 e. The first kappa shape index (κ1) is 20.7. The number of fused-ring (bicyclic) bond motifs is 1.